The Bertz CT molecular complexity index is 371. The van der Waals surface area contributed by atoms with E-state index in [4.69, 9.17) is 5.73 Å². The summed E-state index contributed by atoms with van der Waals surface area (Å²) in [5.41, 5.74) is 8.30. The molecular weight excluding hydrogens is 189 g/mol. The lowest BCUT2D eigenvalue weighted by atomic mass is 9.65. The predicted molar refractivity (Wildman–Crippen MR) is 60.3 cm³/mol. The van der Waals surface area contributed by atoms with E-state index in [1.54, 1.807) is 12.1 Å². The van der Waals surface area contributed by atoms with Crippen LogP contribution in [-0.2, 0) is 11.8 Å². The van der Waals surface area contributed by atoms with Crippen molar-refractivity contribution in [1.82, 2.24) is 0 Å². The standard InChI is InChI=1S/C13H18FN/c1-13(2)10(8-15)4-3-9-7-11(14)5-6-12(9)13/h5-7,10H,3-4,8,15H2,1-2H3. The summed E-state index contributed by atoms with van der Waals surface area (Å²) >= 11 is 0. The summed E-state index contributed by atoms with van der Waals surface area (Å²) < 4.78 is 13.1. The molecule has 0 aromatic heterocycles. The molecule has 0 heterocycles. The monoisotopic (exact) mass is 207 g/mol. The Labute approximate surface area is 90.5 Å². The van der Waals surface area contributed by atoms with Crippen LogP contribution in [0, 0.1) is 11.7 Å². The second kappa shape index (κ2) is 3.60. The largest absolute Gasteiger partial charge is 0.330 e. The van der Waals surface area contributed by atoms with Crippen molar-refractivity contribution in [3.05, 3.63) is 35.1 Å². The van der Waals surface area contributed by atoms with Gasteiger partial charge in [0.05, 0.1) is 0 Å². The van der Waals surface area contributed by atoms with Crippen LogP contribution in [0.4, 0.5) is 4.39 Å². The van der Waals surface area contributed by atoms with Gasteiger partial charge in [-0.15, -0.1) is 0 Å². The molecule has 1 aliphatic carbocycles. The van der Waals surface area contributed by atoms with Gasteiger partial charge in [0.2, 0.25) is 0 Å². The SMILES string of the molecule is CC1(C)c2ccc(F)cc2CCC1CN. The molecule has 2 N–H and O–H groups in total. The molecule has 2 rings (SSSR count). The van der Waals surface area contributed by atoms with Crippen LogP contribution in [0.5, 0.6) is 0 Å². The van der Waals surface area contributed by atoms with Crippen molar-refractivity contribution in [1.29, 1.82) is 0 Å². The fourth-order valence-corrected chi connectivity index (χ4v) is 2.72. The first-order valence-corrected chi connectivity index (χ1v) is 5.54. The Balaban J connectivity index is 2.47. The van der Waals surface area contributed by atoms with Gasteiger partial charge in [-0.2, -0.15) is 0 Å². The van der Waals surface area contributed by atoms with Crippen LogP contribution in [0.1, 0.15) is 31.4 Å². The highest BCUT2D eigenvalue weighted by atomic mass is 19.1. The zero-order chi connectivity index (χ0) is 11.1. The second-order valence-corrected chi connectivity index (χ2v) is 4.99. The van der Waals surface area contributed by atoms with Crippen LogP contribution in [0.25, 0.3) is 0 Å². The van der Waals surface area contributed by atoms with Crippen molar-refractivity contribution in [3.8, 4) is 0 Å². The highest BCUT2D eigenvalue weighted by molar-refractivity contribution is 5.37. The average Bonchev–Trinajstić information content (AvgIpc) is 2.17. The van der Waals surface area contributed by atoms with Crippen LogP contribution in [0.15, 0.2) is 18.2 Å². The van der Waals surface area contributed by atoms with Crippen molar-refractivity contribution in [2.75, 3.05) is 6.54 Å². The molecule has 1 aromatic rings. The second-order valence-electron chi connectivity index (χ2n) is 4.99. The van der Waals surface area contributed by atoms with E-state index < -0.39 is 0 Å². The van der Waals surface area contributed by atoms with Gasteiger partial charge in [0.1, 0.15) is 5.82 Å². The quantitative estimate of drug-likeness (QED) is 0.752. The fourth-order valence-electron chi connectivity index (χ4n) is 2.72. The number of nitrogens with two attached hydrogens (primary N) is 1. The lowest BCUT2D eigenvalue weighted by Crippen LogP contribution is -2.38. The minimum atomic E-state index is -0.129. The zero-order valence-corrected chi connectivity index (χ0v) is 9.39. The first kappa shape index (κ1) is 10.6. The van der Waals surface area contributed by atoms with Gasteiger partial charge in [-0.05, 0) is 54.0 Å². The van der Waals surface area contributed by atoms with E-state index in [0.29, 0.717) is 12.5 Å². The molecule has 0 radical (unpaired) electrons. The fraction of sp³-hybridized carbons (Fsp3) is 0.538. The number of rotatable bonds is 1. The van der Waals surface area contributed by atoms with Crippen LogP contribution in [0.2, 0.25) is 0 Å². The Kier molecular flexibility index (Phi) is 2.55. The third kappa shape index (κ3) is 1.67. The van der Waals surface area contributed by atoms with Gasteiger partial charge in [0, 0.05) is 0 Å². The smallest absolute Gasteiger partial charge is 0.123 e. The maximum atomic E-state index is 13.1. The van der Waals surface area contributed by atoms with Crippen molar-refractivity contribution in [2.24, 2.45) is 11.7 Å². The number of halogens is 1. The van der Waals surface area contributed by atoms with E-state index in [2.05, 4.69) is 13.8 Å². The van der Waals surface area contributed by atoms with Crippen molar-refractivity contribution >= 4 is 0 Å². The Hall–Kier alpha value is -0.890. The lowest BCUT2D eigenvalue weighted by Gasteiger charge is -2.40. The first-order valence-electron chi connectivity index (χ1n) is 5.54. The van der Waals surface area contributed by atoms with E-state index in [1.165, 1.54) is 5.56 Å². The summed E-state index contributed by atoms with van der Waals surface area (Å²) in [6, 6.07) is 5.15. The van der Waals surface area contributed by atoms with E-state index in [9.17, 15) is 4.39 Å². The highest BCUT2D eigenvalue weighted by Crippen LogP contribution is 2.40. The highest BCUT2D eigenvalue weighted by Gasteiger charge is 2.35. The van der Waals surface area contributed by atoms with Crippen LogP contribution >= 0.6 is 0 Å². The third-order valence-corrected chi connectivity index (χ3v) is 3.83. The Morgan fingerprint density at radius 2 is 2.20 bits per heavy atom. The molecule has 1 aliphatic rings. The van der Waals surface area contributed by atoms with Gasteiger partial charge in [0.15, 0.2) is 0 Å². The first-order chi connectivity index (χ1) is 7.05. The van der Waals surface area contributed by atoms with Gasteiger partial charge >= 0.3 is 0 Å². The molecule has 0 saturated carbocycles. The number of fused-ring (bicyclic) bond motifs is 1. The number of hydrogen-bond donors (Lipinski definition) is 1. The molecule has 0 amide bonds. The van der Waals surface area contributed by atoms with Gasteiger partial charge < -0.3 is 5.73 Å². The molecule has 0 aliphatic heterocycles. The summed E-state index contributed by atoms with van der Waals surface area (Å²) in [6.07, 6.45) is 2.03. The maximum Gasteiger partial charge on any atom is 0.123 e. The van der Waals surface area contributed by atoms with Gasteiger partial charge in [-0.1, -0.05) is 19.9 Å². The van der Waals surface area contributed by atoms with E-state index in [0.717, 1.165) is 18.4 Å². The molecule has 0 bridgehead atoms. The molecule has 1 unspecified atom stereocenters. The number of benzene rings is 1. The summed E-state index contributed by atoms with van der Waals surface area (Å²) in [6.45, 7) is 5.13. The molecule has 2 heteroatoms. The summed E-state index contributed by atoms with van der Waals surface area (Å²) in [5, 5.41) is 0. The van der Waals surface area contributed by atoms with Gasteiger partial charge in [-0.25, -0.2) is 4.39 Å². The summed E-state index contributed by atoms with van der Waals surface area (Å²) in [5.74, 6) is 0.381. The molecule has 1 nitrogen and oxygen atoms in total. The minimum absolute atomic E-state index is 0.0794. The summed E-state index contributed by atoms with van der Waals surface area (Å²) in [4.78, 5) is 0. The molecular formula is C13H18FN. The molecule has 1 atom stereocenters. The van der Waals surface area contributed by atoms with Crippen LogP contribution < -0.4 is 5.73 Å². The predicted octanol–water partition coefficient (Wildman–Crippen LogP) is 2.62. The van der Waals surface area contributed by atoms with Gasteiger partial charge in [-0.3, -0.25) is 0 Å². The van der Waals surface area contributed by atoms with Crippen LogP contribution in [0.3, 0.4) is 0 Å². The average molecular weight is 207 g/mol. The molecule has 1 aromatic carbocycles. The number of hydrogen-bond acceptors (Lipinski definition) is 1. The van der Waals surface area contributed by atoms with E-state index in [-0.39, 0.29) is 11.2 Å². The Morgan fingerprint density at radius 3 is 2.87 bits per heavy atom. The molecule has 82 valence electrons. The zero-order valence-electron chi connectivity index (χ0n) is 9.39. The maximum absolute atomic E-state index is 13.1. The topological polar surface area (TPSA) is 26.0 Å². The lowest BCUT2D eigenvalue weighted by molar-refractivity contribution is 0.285. The van der Waals surface area contributed by atoms with Crippen molar-refractivity contribution in [2.45, 2.75) is 32.1 Å². The third-order valence-electron chi connectivity index (χ3n) is 3.83. The van der Waals surface area contributed by atoms with Gasteiger partial charge in [0.25, 0.3) is 0 Å². The molecule has 0 saturated heterocycles. The van der Waals surface area contributed by atoms with Crippen LogP contribution in [-0.4, -0.2) is 6.54 Å². The normalized spacial score (nSPS) is 23.6. The van der Waals surface area contributed by atoms with E-state index in [1.807, 2.05) is 6.07 Å². The van der Waals surface area contributed by atoms with E-state index >= 15 is 0 Å². The minimum Gasteiger partial charge on any atom is -0.330 e. The van der Waals surface area contributed by atoms with Crippen molar-refractivity contribution in [3.63, 3.8) is 0 Å². The molecule has 15 heavy (non-hydrogen) atoms. The Morgan fingerprint density at radius 1 is 1.47 bits per heavy atom. The molecule has 0 spiro atoms. The summed E-state index contributed by atoms with van der Waals surface area (Å²) in [7, 11) is 0. The van der Waals surface area contributed by atoms with Crippen molar-refractivity contribution < 1.29 is 4.39 Å². The number of aryl methyl sites for hydroxylation is 1. The molecule has 0 fully saturated rings.